The maximum atomic E-state index is 9.46. The molecule has 1 atom stereocenters. The fourth-order valence-corrected chi connectivity index (χ4v) is 5.69. The highest BCUT2D eigenvalue weighted by atomic mass is 16.3. The molecule has 0 spiro atoms. The molecular formula is C34H70O. The summed E-state index contributed by atoms with van der Waals surface area (Å²) < 4.78 is 0. The molecule has 35 heavy (non-hydrogen) atoms. The molecule has 1 heteroatoms. The number of aliphatic hydroxyl groups is 1. The molecule has 0 aliphatic rings. The number of hydrogen-bond acceptors (Lipinski definition) is 1. The minimum absolute atomic E-state index is 0.391. The van der Waals surface area contributed by atoms with E-state index in [1.54, 1.807) is 0 Å². The largest absolute Gasteiger partial charge is 0.396 e. The van der Waals surface area contributed by atoms with Crippen molar-refractivity contribution in [2.45, 2.75) is 206 Å². The Morgan fingerprint density at radius 3 is 0.771 bits per heavy atom. The third kappa shape index (κ3) is 30.1. The molecule has 0 aliphatic carbocycles. The van der Waals surface area contributed by atoms with Gasteiger partial charge in [-0.1, -0.05) is 200 Å². The van der Waals surface area contributed by atoms with Crippen molar-refractivity contribution in [1.82, 2.24) is 0 Å². The minimum atomic E-state index is 0.391. The highest BCUT2D eigenvalue weighted by molar-refractivity contribution is 4.61. The van der Waals surface area contributed by atoms with E-state index in [9.17, 15) is 5.11 Å². The van der Waals surface area contributed by atoms with Crippen LogP contribution in [0.4, 0.5) is 0 Å². The van der Waals surface area contributed by atoms with E-state index in [1.165, 1.54) is 186 Å². The van der Waals surface area contributed by atoms with Gasteiger partial charge in [0.2, 0.25) is 0 Å². The zero-order valence-corrected chi connectivity index (χ0v) is 24.9. The van der Waals surface area contributed by atoms with Gasteiger partial charge >= 0.3 is 0 Å². The molecule has 0 amide bonds. The molecule has 1 N–H and O–H groups in total. The Kier molecular flexibility index (Phi) is 32.0. The smallest absolute Gasteiger partial charge is 0.0433 e. The van der Waals surface area contributed by atoms with E-state index < -0.39 is 0 Å². The fourth-order valence-electron chi connectivity index (χ4n) is 5.69. The summed E-state index contributed by atoms with van der Waals surface area (Å²) in [7, 11) is 0. The van der Waals surface area contributed by atoms with Crippen molar-refractivity contribution in [3.05, 3.63) is 0 Å². The summed E-state index contributed by atoms with van der Waals surface area (Å²) >= 11 is 0. The van der Waals surface area contributed by atoms with Gasteiger partial charge in [-0.3, -0.25) is 0 Å². The molecule has 1 nitrogen and oxygen atoms in total. The third-order valence-electron chi connectivity index (χ3n) is 8.22. The van der Waals surface area contributed by atoms with E-state index in [4.69, 9.17) is 0 Å². The van der Waals surface area contributed by atoms with E-state index in [-0.39, 0.29) is 0 Å². The van der Waals surface area contributed by atoms with Crippen molar-refractivity contribution in [3.8, 4) is 0 Å². The van der Waals surface area contributed by atoms with Crippen LogP contribution in [0.1, 0.15) is 206 Å². The second kappa shape index (κ2) is 32.0. The van der Waals surface area contributed by atoms with Gasteiger partial charge in [0, 0.05) is 6.61 Å². The number of unbranched alkanes of at least 4 members (excludes halogenated alkanes) is 25. The summed E-state index contributed by atoms with van der Waals surface area (Å²) in [6.07, 6.45) is 42.6. The molecule has 0 radical (unpaired) electrons. The van der Waals surface area contributed by atoms with Crippen LogP contribution in [0, 0.1) is 5.92 Å². The summed E-state index contributed by atoms with van der Waals surface area (Å²) in [6.45, 7) is 4.99. The lowest BCUT2D eigenvalue weighted by Crippen LogP contribution is -2.03. The van der Waals surface area contributed by atoms with Crippen molar-refractivity contribution < 1.29 is 5.11 Å². The molecule has 0 heterocycles. The van der Waals surface area contributed by atoms with E-state index >= 15 is 0 Å². The van der Waals surface area contributed by atoms with Crippen LogP contribution in [0.5, 0.6) is 0 Å². The van der Waals surface area contributed by atoms with Crippen LogP contribution in [0.25, 0.3) is 0 Å². The molecule has 0 aliphatic heterocycles. The summed E-state index contributed by atoms with van der Waals surface area (Å²) in [6, 6.07) is 0. The second-order valence-corrected chi connectivity index (χ2v) is 11.8. The third-order valence-corrected chi connectivity index (χ3v) is 8.22. The normalized spacial score (nSPS) is 12.4. The predicted molar refractivity (Wildman–Crippen MR) is 160 cm³/mol. The SMILES string of the molecule is CCCCCCCCCCCCCCCCC(CCO)CCCCCCCCCCCCCCC. The molecule has 0 aromatic carbocycles. The topological polar surface area (TPSA) is 20.2 Å². The molecule has 0 saturated carbocycles. The molecule has 1 unspecified atom stereocenters. The van der Waals surface area contributed by atoms with E-state index in [0.717, 1.165) is 12.3 Å². The minimum Gasteiger partial charge on any atom is -0.396 e. The van der Waals surface area contributed by atoms with Gasteiger partial charge in [-0.05, 0) is 12.3 Å². The molecule has 212 valence electrons. The Hall–Kier alpha value is -0.0400. The zero-order valence-electron chi connectivity index (χ0n) is 24.9. The molecular weight excluding hydrogens is 424 g/mol. The van der Waals surface area contributed by atoms with Crippen LogP contribution in [0.3, 0.4) is 0 Å². The maximum absolute atomic E-state index is 9.46. The van der Waals surface area contributed by atoms with Crippen LogP contribution in [-0.4, -0.2) is 11.7 Å². The summed E-state index contributed by atoms with van der Waals surface area (Å²) in [5.41, 5.74) is 0. The lowest BCUT2D eigenvalue weighted by molar-refractivity contribution is 0.241. The number of aliphatic hydroxyl groups excluding tert-OH is 1. The second-order valence-electron chi connectivity index (χ2n) is 11.8. The first kappa shape index (κ1) is 35.0. The first-order valence-corrected chi connectivity index (χ1v) is 17.0. The van der Waals surface area contributed by atoms with Crippen molar-refractivity contribution in [2.24, 2.45) is 5.92 Å². The molecule has 0 aromatic heterocycles. The van der Waals surface area contributed by atoms with Gasteiger partial charge in [0.1, 0.15) is 0 Å². The van der Waals surface area contributed by atoms with Gasteiger partial charge in [0.25, 0.3) is 0 Å². The Balaban J connectivity index is 3.37. The van der Waals surface area contributed by atoms with Gasteiger partial charge in [-0.25, -0.2) is 0 Å². The van der Waals surface area contributed by atoms with Crippen molar-refractivity contribution in [3.63, 3.8) is 0 Å². The van der Waals surface area contributed by atoms with Crippen LogP contribution in [0.15, 0.2) is 0 Å². The lowest BCUT2D eigenvalue weighted by Gasteiger charge is -2.15. The Morgan fingerprint density at radius 1 is 0.314 bits per heavy atom. The fraction of sp³-hybridized carbons (Fsp3) is 1.00. The molecule has 0 bridgehead atoms. The van der Waals surface area contributed by atoms with Crippen molar-refractivity contribution in [2.75, 3.05) is 6.61 Å². The zero-order chi connectivity index (χ0) is 25.5. The van der Waals surface area contributed by atoms with Crippen molar-refractivity contribution >= 4 is 0 Å². The van der Waals surface area contributed by atoms with Crippen LogP contribution in [0.2, 0.25) is 0 Å². The van der Waals surface area contributed by atoms with Gasteiger partial charge < -0.3 is 5.11 Å². The molecule has 0 saturated heterocycles. The number of rotatable bonds is 31. The van der Waals surface area contributed by atoms with Gasteiger partial charge in [0.05, 0.1) is 0 Å². The van der Waals surface area contributed by atoms with Crippen LogP contribution >= 0.6 is 0 Å². The van der Waals surface area contributed by atoms with Gasteiger partial charge in [0.15, 0.2) is 0 Å². The first-order chi connectivity index (χ1) is 17.3. The van der Waals surface area contributed by atoms with Gasteiger partial charge in [-0.2, -0.15) is 0 Å². The molecule has 0 aromatic rings. The average molecular weight is 495 g/mol. The van der Waals surface area contributed by atoms with Crippen LogP contribution < -0.4 is 0 Å². The Labute approximate surface area is 224 Å². The Morgan fingerprint density at radius 2 is 0.543 bits per heavy atom. The quantitative estimate of drug-likeness (QED) is 0.0950. The van der Waals surface area contributed by atoms with E-state index in [1.807, 2.05) is 0 Å². The average Bonchev–Trinajstić information content (AvgIpc) is 2.87. The monoisotopic (exact) mass is 495 g/mol. The van der Waals surface area contributed by atoms with Crippen molar-refractivity contribution in [1.29, 1.82) is 0 Å². The first-order valence-electron chi connectivity index (χ1n) is 17.0. The van der Waals surface area contributed by atoms with E-state index in [0.29, 0.717) is 6.61 Å². The summed E-state index contributed by atoms with van der Waals surface area (Å²) in [5.74, 6) is 0.782. The standard InChI is InChI=1S/C34H70O/c1-3-5-7-9-11-13-15-17-19-21-23-25-27-29-31-34(32-33-35)30-28-26-24-22-20-18-16-14-12-10-8-6-4-2/h34-35H,3-33H2,1-2H3. The number of hydrogen-bond donors (Lipinski definition) is 1. The lowest BCUT2D eigenvalue weighted by atomic mass is 9.91. The molecule has 0 rings (SSSR count). The van der Waals surface area contributed by atoms with Gasteiger partial charge in [-0.15, -0.1) is 0 Å². The predicted octanol–water partition coefficient (Wildman–Crippen LogP) is 12.3. The summed E-state index contributed by atoms with van der Waals surface area (Å²) in [5, 5.41) is 9.46. The Bertz CT molecular complexity index is 352. The molecule has 0 fully saturated rings. The van der Waals surface area contributed by atoms with Crippen LogP contribution in [-0.2, 0) is 0 Å². The summed E-state index contributed by atoms with van der Waals surface area (Å²) in [4.78, 5) is 0. The highest BCUT2D eigenvalue weighted by Crippen LogP contribution is 2.22. The maximum Gasteiger partial charge on any atom is 0.0433 e. The highest BCUT2D eigenvalue weighted by Gasteiger charge is 2.08. The van der Waals surface area contributed by atoms with E-state index in [2.05, 4.69) is 13.8 Å².